The van der Waals surface area contributed by atoms with Crippen molar-refractivity contribution in [3.05, 3.63) is 142 Å². The normalized spacial score (nSPS) is 18.8. The lowest BCUT2D eigenvalue weighted by atomic mass is 9.76. The molecule has 0 amide bonds. The minimum Gasteiger partial charge on any atom is -0.454 e. The van der Waals surface area contributed by atoms with Crippen LogP contribution in [0.5, 0.6) is 0 Å². The number of fused-ring (bicyclic) bond motifs is 3. The van der Waals surface area contributed by atoms with Gasteiger partial charge in [0.25, 0.3) is 5.69 Å². The smallest absolute Gasteiger partial charge is 0.338 e. The highest BCUT2D eigenvalue weighted by atomic mass is 16.6. The third-order valence-electron chi connectivity index (χ3n) is 7.71. The molecule has 0 saturated carbocycles. The Balaban J connectivity index is 1.14. The third-order valence-corrected chi connectivity index (χ3v) is 7.71. The van der Waals surface area contributed by atoms with Crippen LogP contribution in [0.1, 0.15) is 50.2 Å². The molecule has 1 aliphatic heterocycles. The van der Waals surface area contributed by atoms with Crippen molar-refractivity contribution in [2.24, 2.45) is 5.92 Å². The molecule has 7 heteroatoms. The molecular weight excluding hydrogens is 504 g/mol. The van der Waals surface area contributed by atoms with E-state index in [0.29, 0.717) is 11.1 Å². The van der Waals surface area contributed by atoms with Crippen LogP contribution in [0.3, 0.4) is 0 Å². The molecule has 4 aromatic carbocycles. The molecule has 0 unspecified atom stereocenters. The van der Waals surface area contributed by atoms with Gasteiger partial charge in [-0.2, -0.15) is 0 Å². The Morgan fingerprint density at radius 3 is 2.30 bits per heavy atom. The first-order valence-corrected chi connectivity index (χ1v) is 13.2. The number of benzene rings is 4. The van der Waals surface area contributed by atoms with Gasteiger partial charge in [-0.05, 0) is 52.8 Å². The molecule has 1 heterocycles. The Morgan fingerprint density at radius 1 is 0.875 bits per heavy atom. The standard InChI is InChI=1S/C33H26N2O5/c36-31(23-11-9-22(10-12-23)21-5-2-1-3-6-21)20-40-33(37)25-15-18-30-29(19-25)27-7-4-8-28(27)32(34-30)24-13-16-26(17-14-24)35(38)39/h1-7,9-19,27-28,32,34H,8,20H2/t27-,28+,32-/m1/s1. The molecule has 0 radical (unpaired) electrons. The lowest BCUT2D eigenvalue weighted by Gasteiger charge is -2.37. The minimum absolute atomic E-state index is 0.0167. The molecule has 3 atom stereocenters. The molecule has 1 aliphatic carbocycles. The van der Waals surface area contributed by atoms with Gasteiger partial charge in [-0.15, -0.1) is 0 Å². The van der Waals surface area contributed by atoms with Crippen molar-refractivity contribution in [3.8, 4) is 11.1 Å². The Bertz CT molecular complexity index is 1610. The van der Waals surface area contributed by atoms with E-state index in [1.807, 2.05) is 54.6 Å². The SMILES string of the molecule is O=C(COC(=O)c1ccc2c(c1)[C@@H]1C=CC[C@@H]1[C@@H](c1ccc([N+](=O)[O-])cc1)N2)c1ccc(-c2ccccc2)cc1. The lowest BCUT2D eigenvalue weighted by molar-refractivity contribution is -0.384. The van der Waals surface area contributed by atoms with Crippen molar-refractivity contribution in [1.29, 1.82) is 0 Å². The zero-order valence-electron chi connectivity index (χ0n) is 21.5. The predicted octanol–water partition coefficient (Wildman–Crippen LogP) is 7.13. The van der Waals surface area contributed by atoms with E-state index in [-0.39, 0.29) is 36.0 Å². The first-order chi connectivity index (χ1) is 19.5. The number of nitro groups is 1. The predicted molar refractivity (Wildman–Crippen MR) is 152 cm³/mol. The molecule has 1 N–H and O–H groups in total. The van der Waals surface area contributed by atoms with E-state index in [1.54, 1.807) is 30.3 Å². The van der Waals surface area contributed by atoms with E-state index in [9.17, 15) is 19.7 Å². The Labute approximate surface area is 231 Å². The van der Waals surface area contributed by atoms with E-state index >= 15 is 0 Å². The van der Waals surface area contributed by atoms with Gasteiger partial charge in [0, 0.05) is 29.3 Å². The molecule has 40 heavy (non-hydrogen) atoms. The number of hydrogen-bond donors (Lipinski definition) is 1. The summed E-state index contributed by atoms with van der Waals surface area (Å²) in [6, 6.07) is 29.2. The number of esters is 1. The Morgan fingerprint density at radius 2 is 1.57 bits per heavy atom. The first-order valence-electron chi connectivity index (χ1n) is 13.2. The number of non-ortho nitro benzene ring substituents is 1. The number of carbonyl (C=O) groups is 2. The molecule has 0 spiro atoms. The molecule has 0 fully saturated rings. The second-order valence-electron chi connectivity index (χ2n) is 10.1. The molecule has 4 aromatic rings. The summed E-state index contributed by atoms with van der Waals surface area (Å²) in [6.07, 6.45) is 5.14. The third kappa shape index (κ3) is 4.89. The van der Waals surface area contributed by atoms with Gasteiger partial charge < -0.3 is 10.1 Å². The highest BCUT2D eigenvalue weighted by Crippen LogP contribution is 2.50. The maximum atomic E-state index is 12.9. The average molecular weight is 531 g/mol. The van der Waals surface area contributed by atoms with Gasteiger partial charge in [-0.1, -0.05) is 78.9 Å². The van der Waals surface area contributed by atoms with Crippen LogP contribution in [0.15, 0.2) is 109 Å². The van der Waals surface area contributed by atoms with E-state index in [4.69, 9.17) is 4.74 Å². The van der Waals surface area contributed by atoms with Crippen LogP contribution >= 0.6 is 0 Å². The minimum atomic E-state index is -0.548. The number of nitrogens with zero attached hydrogens (tertiary/aromatic N) is 1. The largest absolute Gasteiger partial charge is 0.454 e. The highest BCUT2D eigenvalue weighted by Gasteiger charge is 2.38. The van der Waals surface area contributed by atoms with Crippen molar-refractivity contribution in [2.75, 3.05) is 11.9 Å². The number of Topliss-reactive ketones (excluding diaryl/α,β-unsaturated/α-hetero) is 1. The summed E-state index contributed by atoms with van der Waals surface area (Å²) in [6.45, 7) is -0.340. The van der Waals surface area contributed by atoms with Gasteiger partial charge in [0.2, 0.25) is 0 Å². The van der Waals surface area contributed by atoms with Crippen LogP contribution < -0.4 is 5.32 Å². The average Bonchev–Trinajstić information content (AvgIpc) is 3.50. The summed E-state index contributed by atoms with van der Waals surface area (Å²) < 4.78 is 5.40. The highest BCUT2D eigenvalue weighted by molar-refractivity contribution is 5.99. The van der Waals surface area contributed by atoms with Crippen molar-refractivity contribution in [2.45, 2.75) is 18.4 Å². The lowest BCUT2D eigenvalue weighted by Crippen LogP contribution is -2.29. The summed E-state index contributed by atoms with van der Waals surface area (Å²) in [7, 11) is 0. The van der Waals surface area contributed by atoms with Crippen molar-refractivity contribution < 1.29 is 19.2 Å². The summed E-state index contributed by atoms with van der Waals surface area (Å²) in [5.41, 5.74) is 5.89. The van der Waals surface area contributed by atoms with Crippen LogP contribution in [0.4, 0.5) is 11.4 Å². The summed E-state index contributed by atoms with van der Waals surface area (Å²) in [5.74, 6) is -0.514. The van der Waals surface area contributed by atoms with Crippen molar-refractivity contribution in [1.82, 2.24) is 0 Å². The first kappa shape index (κ1) is 25.2. The van der Waals surface area contributed by atoms with Gasteiger partial charge in [0.15, 0.2) is 12.4 Å². The van der Waals surface area contributed by atoms with Gasteiger partial charge >= 0.3 is 5.97 Å². The number of ether oxygens (including phenoxy) is 1. The fraction of sp³-hybridized carbons (Fsp3) is 0.152. The number of ketones is 1. The van der Waals surface area contributed by atoms with Crippen LogP contribution in [-0.4, -0.2) is 23.3 Å². The molecular formula is C33H26N2O5. The maximum absolute atomic E-state index is 12.9. The van der Waals surface area contributed by atoms with Crippen LogP contribution in [0.2, 0.25) is 0 Å². The van der Waals surface area contributed by atoms with Crippen LogP contribution in [0.25, 0.3) is 11.1 Å². The fourth-order valence-electron chi connectivity index (χ4n) is 5.63. The molecule has 0 aromatic heterocycles. The molecule has 198 valence electrons. The van der Waals surface area contributed by atoms with Crippen LogP contribution in [0, 0.1) is 16.0 Å². The second kappa shape index (κ2) is 10.6. The number of nitro benzene ring substituents is 1. The monoisotopic (exact) mass is 530 g/mol. The van der Waals surface area contributed by atoms with E-state index in [2.05, 4.69) is 17.5 Å². The number of rotatable bonds is 7. The molecule has 2 aliphatic rings. The summed E-state index contributed by atoms with van der Waals surface area (Å²) in [4.78, 5) is 36.3. The molecule has 7 nitrogen and oxygen atoms in total. The number of nitrogens with one attached hydrogen (secondary N) is 1. The summed E-state index contributed by atoms with van der Waals surface area (Å²) >= 11 is 0. The Kier molecular flexibility index (Phi) is 6.70. The van der Waals surface area contributed by atoms with Crippen molar-refractivity contribution >= 4 is 23.1 Å². The van der Waals surface area contributed by atoms with Gasteiger partial charge in [-0.25, -0.2) is 4.79 Å². The topological polar surface area (TPSA) is 98.5 Å². The molecule has 6 rings (SSSR count). The number of anilines is 1. The number of hydrogen-bond acceptors (Lipinski definition) is 6. The summed E-state index contributed by atoms with van der Waals surface area (Å²) in [5, 5.41) is 14.6. The number of carbonyl (C=O) groups excluding carboxylic acids is 2. The zero-order chi connectivity index (χ0) is 27.6. The van der Waals surface area contributed by atoms with E-state index < -0.39 is 10.9 Å². The van der Waals surface area contributed by atoms with Gasteiger partial charge in [0.05, 0.1) is 16.5 Å². The van der Waals surface area contributed by atoms with Gasteiger partial charge in [-0.3, -0.25) is 14.9 Å². The number of allylic oxidation sites excluding steroid dienone is 2. The quantitative estimate of drug-likeness (QED) is 0.0897. The van der Waals surface area contributed by atoms with Crippen molar-refractivity contribution in [3.63, 3.8) is 0 Å². The second-order valence-corrected chi connectivity index (χ2v) is 10.1. The fourth-order valence-corrected chi connectivity index (χ4v) is 5.63. The van der Waals surface area contributed by atoms with E-state index in [1.165, 1.54) is 12.1 Å². The van der Waals surface area contributed by atoms with E-state index in [0.717, 1.165) is 34.4 Å². The maximum Gasteiger partial charge on any atom is 0.338 e. The molecule has 0 bridgehead atoms. The Hall–Kier alpha value is -5.04. The van der Waals surface area contributed by atoms with Crippen LogP contribution in [-0.2, 0) is 4.74 Å². The zero-order valence-corrected chi connectivity index (χ0v) is 21.5. The molecule has 0 saturated heterocycles. The van der Waals surface area contributed by atoms with Gasteiger partial charge in [0.1, 0.15) is 0 Å².